The van der Waals surface area contributed by atoms with Gasteiger partial charge in [-0.1, -0.05) is 11.6 Å². The summed E-state index contributed by atoms with van der Waals surface area (Å²) in [6, 6.07) is 3.02. The number of nitrogens with zero attached hydrogens (tertiary/aromatic N) is 1. The minimum atomic E-state index is -3.52. The number of rotatable bonds is 3. The van der Waals surface area contributed by atoms with Crippen LogP contribution in [-0.2, 0) is 14.8 Å². The molecule has 0 atom stereocenters. The summed E-state index contributed by atoms with van der Waals surface area (Å²) in [5.74, 6) is -1.30. The Morgan fingerprint density at radius 2 is 2.00 bits per heavy atom. The predicted octanol–water partition coefficient (Wildman–Crippen LogP) is 1.89. The summed E-state index contributed by atoms with van der Waals surface area (Å²) < 4.78 is 26.4. The number of carbonyl (C=O) groups is 1. The summed E-state index contributed by atoms with van der Waals surface area (Å²) in [6.45, 7) is 0.490. The highest BCUT2D eigenvalue weighted by Gasteiger charge is 2.32. The lowest BCUT2D eigenvalue weighted by atomic mass is 9.99. The van der Waals surface area contributed by atoms with E-state index < -0.39 is 21.9 Å². The van der Waals surface area contributed by atoms with Gasteiger partial charge in [-0.3, -0.25) is 4.79 Å². The Hall–Kier alpha value is -0.630. The van der Waals surface area contributed by atoms with E-state index in [0.29, 0.717) is 17.2 Å². The average Bonchev–Trinajstić information content (AvgIpc) is 2.76. The maximum absolute atomic E-state index is 12.2. The second-order valence-corrected chi connectivity index (χ2v) is 7.95. The second kappa shape index (κ2) is 5.16. The third-order valence-electron chi connectivity index (χ3n) is 2.95. The van der Waals surface area contributed by atoms with Crippen LogP contribution in [0.5, 0.6) is 0 Å². The fourth-order valence-electron chi connectivity index (χ4n) is 1.91. The van der Waals surface area contributed by atoms with Gasteiger partial charge in [-0.05, 0) is 25.0 Å². The van der Waals surface area contributed by atoms with E-state index in [-0.39, 0.29) is 17.3 Å². The summed E-state index contributed by atoms with van der Waals surface area (Å²) in [5.41, 5.74) is 0. The van der Waals surface area contributed by atoms with Crippen LogP contribution in [0.15, 0.2) is 16.3 Å². The molecule has 0 saturated carbocycles. The minimum Gasteiger partial charge on any atom is -0.481 e. The third kappa shape index (κ3) is 2.69. The van der Waals surface area contributed by atoms with E-state index in [9.17, 15) is 13.2 Å². The van der Waals surface area contributed by atoms with Gasteiger partial charge in [-0.2, -0.15) is 4.31 Å². The molecule has 1 N–H and O–H groups in total. The van der Waals surface area contributed by atoms with E-state index in [0.717, 1.165) is 11.3 Å². The second-order valence-electron chi connectivity index (χ2n) is 4.08. The van der Waals surface area contributed by atoms with Crippen molar-refractivity contribution in [1.29, 1.82) is 0 Å². The first-order chi connectivity index (χ1) is 8.41. The summed E-state index contributed by atoms with van der Waals surface area (Å²) in [4.78, 5) is 10.8. The van der Waals surface area contributed by atoms with Crippen molar-refractivity contribution in [2.75, 3.05) is 13.1 Å². The van der Waals surface area contributed by atoms with Gasteiger partial charge in [0.2, 0.25) is 0 Å². The van der Waals surface area contributed by atoms with Crippen LogP contribution in [0.25, 0.3) is 0 Å². The molecule has 1 aromatic rings. The van der Waals surface area contributed by atoms with Crippen molar-refractivity contribution in [3.05, 3.63) is 16.5 Å². The Labute approximate surface area is 114 Å². The number of piperidine rings is 1. The highest BCUT2D eigenvalue weighted by atomic mass is 35.5. The quantitative estimate of drug-likeness (QED) is 0.925. The van der Waals surface area contributed by atoms with Gasteiger partial charge < -0.3 is 5.11 Å². The Morgan fingerprint density at radius 3 is 2.44 bits per heavy atom. The highest BCUT2D eigenvalue weighted by molar-refractivity contribution is 7.91. The molecule has 1 aromatic heterocycles. The van der Waals surface area contributed by atoms with E-state index in [1.54, 1.807) is 6.07 Å². The maximum atomic E-state index is 12.2. The Morgan fingerprint density at radius 1 is 1.39 bits per heavy atom. The van der Waals surface area contributed by atoms with Crippen molar-refractivity contribution < 1.29 is 18.3 Å². The summed E-state index contributed by atoms with van der Waals surface area (Å²) >= 11 is 6.74. The molecule has 0 aliphatic carbocycles. The van der Waals surface area contributed by atoms with E-state index in [2.05, 4.69) is 0 Å². The molecule has 1 fully saturated rings. The standard InChI is InChI=1S/C10H12ClNO4S2/c11-8-1-2-9(17-8)18(15,16)12-5-3-7(4-6-12)10(13)14/h1-2,7H,3-6H2,(H,13,14). The molecular formula is C10H12ClNO4S2. The molecule has 1 aliphatic heterocycles. The fourth-order valence-corrected chi connectivity index (χ4v) is 5.01. The van der Waals surface area contributed by atoms with Crippen LogP contribution in [0.2, 0.25) is 4.34 Å². The zero-order valence-electron chi connectivity index (χ0n) is 9.37. The lowest BCUT2D eigenvalue weighted by molar-refractivity contribution is -0.142. The molecule has 1 saturated heterocycles. The minimum absolute atomic E-state index is 0.210. The number of hydrogen-bond acceptors (Lipinski definition) is 4. The van der Waals surface area contributed by atoms with Gasteiger partial charge in [0.05, 0.1) is 10.3 Å². The number of carboxylic acids is 1. The van der Waals surface area contributed by atoms with Crippen molar-refractivity contribution in [1.82, 2.24) is 4.31 Å². The van der Waals surface area contributed by atoms with Crippen LogP contribution in [0.1, 0.15) is 12.8 Å². The number of hydrogen-bond donors (Lipinski definition) is 1. The lowest BCUT2D eigenvalue weighted by Gasteiger charge is -2.28. The molecule has 0 spiro atoms. The predicted molar refractivity (Wildman–Crippen MR) is 68.4 cm³/mol. The SMILES string of the molecule is O=C(O)C1CCN(S(=O)(=O)c2ccc(Cl)s2)CC1. The van der Waals surface area contributed by atoms with Crippen LogP contribution in [-0.4, -0.2) is 36.9 Å². The number of sulfonamides is 1. The monoisotopic (exact) mass is 309 g/mol. The number of thiophene rings is 1. The van der Waals surface area contributed by atoms with Crippen molar-refractivity contribution in [2.24, 2.45) is 5.92 Å². The Bertz CT molecular complexity index is 546. The molecule has 5 nitrogen and oxygen atoms in total. The van der Waals surface area contributed by atoms with E-state index in [4.69, 9.17) is 16.7 Å². The number of carboxylic acid groups (broad SMARTS) is 1. The van der Waals surface area contributed by atoms with Crippen molar-refractivity contribution >= 4 is 38.9 Å². The Balaban J connectivity index is 2.12. The molecule has 8 heteroatoms. The Kier molecular flexibility index (Phi) is 3.96. The molecule has 0 amide bonds. The molecule has 0 radical (unpaired) electrons. The topological polar surface area (TPSA) is 74.7 Å². The van der Waals surface area contributed by atoms with Gasteiger partial charge in [0, 0.05) is 13.1 Å². The van der Waals surface area contributed by atoms with Crippen LogP contribution < -0.4 is 0 Å². The molecule has 2 heterocycles. The van der Waals surface area contributed by atoms with Gasteiger partial charge in [-0.15, -0.1) is 11.3 Å². The van der Waals surface area contributed by atoms with Gasteiger partial charge in [0.25, 0.3) is 10.0 Å². The van der Waals surface area contributed by atoms with Crippen LogP contribution in [0.3, 0.4) is 0 Å². The van der Waals surface area contributed by atoms with Crippen molar-refractivity contribution in [2.45, 2.75) is 17.1 Å². The molecule has 0 bridgehead atoms. The van der Waals surface area contributed by atoms with E-state index in [1.807, 2.05) is 0 Å². The zero-order chi connectivity index (χ0) is 13.3. The van der Waals surface area contributed by atoms with Crippen LogP contribution >= 0.6 is 22.9 Å². The molecule has 2 rings (SSSR count). The maximum Gasteiger partial charge on any atom is 0.306 e. The smallest absolute Gasteiger partial charge is 0.306 e. The van der Waals surface area contributed by atoms with E-state index >= 15 is 0 Å². The third-order valence-corrected chi connectivity index (χ3v) is 6.54. The van der Waals surface area contributed by atoms with Gasteiger partial charge >= 0.3 is 5.97 Å². The van der Waals surface area contributed by atoms with Crippen molar-refractivity contribution in [3.8, 4) is 0 Å². The first-order valence-corrected chi connectivity index (χ1v) is 8.03. The van der Waals surface area contributed by atoms with Crippen molar-refractivity contribution in [3.63, 3.8) is 0 Å². The molecule has 1 aliphatic rings. The van der Waals surface area contributed by atoms with Crippen LogP contribution in [0.4, 0.5) is 0 Å². The summed E-state index contributed by atoms with van der Waals surface area (Å²) in [7, 11) is -3.52. The first-order valence-electron chi connectivity index (χ1n) is 5.39. The van der Waals surface area contributed by atoms with Gasteiger partial charge in [-0.25, -0.2) is 8.42 Å². The number of aliphatic carboxylic acids is 1. The molecule has 18 heavy (non-hydrogen) atoms. The molecule has 100 valence electrons. The van der Waals surface area contributed by atoms with Crippen LogP contribution in [0, 0.1) is 5.92 Å². The average molecular weight is 310 g/mol. The zero-order valence-corrected chi connectivity index (χ0v) is 11.8. The highest BCUT2D eigenvalue weighted by Crippen LogP contribution is 2.30. The lowest BCUT2D eigenvalue weighted by Crippen LogP contribution is -2.39. The largest absolute Gasteiger partial charge is 0.481 e. The molecular weight excluding hydrogens is 298 g/mol. The fraction of sp³-hybridized carbons (Fsp3) is 0.500. The van der Waals surface area contributed by atoms with Gasteiger partial charge in [0.1, 0.15) is 4.21 Å². The normalized spacial score (nSPS) is 18.9. The number of halogens is 1. The van der Waals surface area contributed by atoms with E-state index in [1.165, 1.54) is 10.4 Å². The first kappa shape index (κ1) is 13.8. The van der Waals surface area contributed by atoms with Gasteiger partial charge in [0.15, 0.2) is 0 Å². The molecule has 0 unspecified atom stereocenters. The molecule has 0 aromatic carbocycles. The summed E-state index contributed by atoms with van der Waals surface area (Å²) in [5, 5.41) is 8.86. The summed E-state index contributed by atoms with van der Waals surface area (Å²) in [6.07, 6.45) is 0.710.